The Hall–Kier alpha value is -1.61. The summed E-state index contributed by atoms with van der Waals surface area (Å²) in [7, 11) is 0. The molecular weight excluding hydrogens is 200 g/mol. The summed E-state index contributed by atoms with van der Waals surface area (Å²) in [5.41, 5.74) is 1.31. The second-order valence-electron chi connectivity index (χ2n) is 3.71. The Morgan fingerprint density at radius 3 is 2.81 bits per heavy atom. The van der Waals surface area contributed by atoms with Crippen molar-refractivity contribution in [1.29, 1.82) is 0 Å². The Balaban J connectivity index is 1.97. The van der Waals surface area contributed by atoms with Crippen LogP contribution < -0.4 is 4.57 Å². The fourth-order valence-electron chi connectivity index (χ4n) is 1.60. The zero-order valence-electron chi connectivity index (χ0n) is 9.54. The van der Waals surface area contributed by atoms with E-state index in [4.69, 9.17) is 4.74 Å². The van der Waals surface area contributed by atoms with Crippen LogP contribution in [0.4, 0.5) is 0 Å². The smallest absolute Gasteiger partial charge is 0.245 e. The molecule has 0 saturated carbocycles. The Labute approximate surface area is 95.9 Å². The normalized spacial score (nSPS) is 10.6. The Bertz CT molecular complexity index is 423. The van der Waals surface area contributed by atoms with Crippen molar-refractivity contribution in [3.8, 4) is 0 Å². The molecule has 0 unspecified atom stereocenters. The molecule has 2 aromatic rings. The predicted molar refractivity (Wildman–Crippen MR) is 61.8 cm³/mol. The van der Waals surface area contributed by atoms with E-state index in [0.29, 0.717) is 6.73 Å². The van der Waals surface area contributed by atoms with Crippen molar-refractivity contribution < 1.29 is 9.30 Å². The molecule has 0 spiro atoms. The Morgan fingerprint density at radius 1 is 1.25 bits per heavy atom. The summed E-state index contributed by atoms with van der Waals surface area (Å²) < 4.78 is 9.51. The molecule has 16 heavy (non-hydrogen) atoms. The molecule has 0 radical (unpaired) electrons. The maximum atomic E-state index is 5.33. The fraction of sp³-hybridized carbons (Fsp3) is 0.308. The number of imidazole rings is 1. The molecule has 1 aromatic heterocycles. The zero-order valence-corrected chi connectivity index (χ0v) is 9.54. The summed E-state index contributed by atoms with van der Waals surface area (Å²) in [6.45, 7) is 4.27. The van der Waals surface area contributed by atoms with Crippen molar-refractivity contribution in [2.24, 2.45) is 0 Å². The molecule has 1 heterocycles. The van der Waals surface area contributed by atoms with Crippen LogP contribution in [0.3, 0.4) is 0 Å². The van der Waals surface area contributed by atoms with E-state index >= 15 is 0 Å². The Morgan fingerprint density at radius 2 is 2.06 bits per heavy atom. The molecule has 3 nitrogen and oxygen atoms in total. The van der Waals surface area contributed by atoms with E-state index < -0.39 is 0 Å². The van der Waals surface area contributed by atoms with Crippen molar-refractivity contribution in [2.45, 2.75) is 20.2 Å². The molecule has 0 N–H and O–H groups in total. The lowest BCUT2D eigenvalue weighted by atomic mass is 10.2. The lowest BCUT2D eigenvalue weighted by Crippen LogP contribution is -2.31. The first-order chi connectivity index (χ1) is 7.88. The Kier molecular flexibility index (Phi) is 3.72. The highest BCUT2D eigenvalue weighted by molar-refractivity contribution is 5.13. The zero-order chi connectivity index (χ0) is 11.2. The molecule has 0 aliphatic rings. The van der Waals surface area contributed by atoms with Gasteiger partial charge in [-0.25, -0.2) is 9.13 Å². The van der Waals surface area contributed by atoms with E-state index in [2.05, 4.69) is 41.4 Å². The van der Waals surface area contributed by atoms with E-state index in [1.807, 2.05) is 23.8 Å². The first-order valence-electron chi connectivity index (χ1n) is 5.55. The summed E-state index contributed by atoms with van der Waals surface area (Å²) >= 11 is 0. The van der Waals surface area contributed by atoms with E-state index in [0.717, 1.165) is 13.2 Å². The van der Waals surface area contributed by atoms with Gasteiger partial charge in [-0.15, -0.1) is 0 Å². The van der Waals surface area contributed by atoms with Gasteiger partial charge in [-0.1, -0.05) is 30.3 Å². The fourth-order valence-corrected chi connectivity index (χ4v) is 1.60. The largest absolute Gasteiger partial charge is 0.342 e. The maximum absolute atomic E-state index is 5.33. The van der Waals surface area contributed by atoms with Gasteiger partial charge in [0.05, 0.1) is 0 Å². The van der Waals surface area contributed by atoms with Crippen LogP contribution in [0.1, 0.15) is 12.5 Å². The third kappa shape index (κ3) is 2.94. The second kappa shape index (κ2) is 5.47. The first-order valence-corrected chi connectivity index (χ1v) is 5.55. The minimum atomic E-state index is 0.623. The number of hydrogen-bond acceptors (Lipinski definition) is 1. The number of nitrogens with zero attached hydrogens (tertiary/aromatic N) is 2. The van der Waals surface area contributed by atoms with Crippen LogP contribution in [0.2, 0.25) is 0 Å². The number of aromatic nitrogens is 2. The molecule has 0 fully saturated rings. The van der Waals surface area contributed by atoms with Gasteiger partial charge in [-0.05, 0) is 12.5 Å². The van der Waals surface area contributed by atoms with Crippen LogP contribution in [-0.2, 0) is 18.0 Å². The minimum Gasteiger partial charge on any atom is -0.342 e. The topological polar surface area (TPSA) is 18.0 Å². The van der Waals surface area contributed by atoms with Crippen LogP contribution in [0.5, 0.6) is 0 Å². The number of benzene rings is 1. The molecule has 0 saturated heterocycles. The summed E-state index contributed by atoms with van der Waals surface area (Å²) in [5, 5.41) is 0. The molecular formula is C13H17N2O+. The maximum Gasteiger partial charge on any atom is 0.245 e. The van der Waals surface area contributed by atoms with Crippen LogP contribution >= 0.6 is 0 Å². The van der Waals surface area contributed by atoms with Crippen LogP contribution in [-0.4, -0.2) is 11.2 Å². The standard InChI is InChI=1S/C13H17N2O/c1-2-16-12-15-9-8-14(11-15)10-13-6-4-3-5-7-13/h3-9,11H,2,10,12H2,1H3/q+1. The highest BCUT2D eigenvalue weighted by Gasteiger charge is 2.03. The average molecular weight is 217 g/mol. The van der Waals surface area contributed by atoms with Gasteiger partial charge in [0.1, 0.15) is 18.9 Å². The lowest BCUT2D eigenvalue weighted by Gasteiger charge is -1.97. The molecule has 0 atom stereocenters. The van der Waals surface area contributed by atoms with E-state index in [-0.39, 0.29) is 0 Å². The van der Waals surface area contributed by atoms with Gasteiger partial charge < -0.3 is 4.74 Å². The summed E-state index contributed by atoms with van der Waals surface area (Å²) in [6.07, 6.45) is 6.15. The van der Waals surface area contributed by atoms with Gasteiger partial charge in [0.2, 0.25) is 6.33 Å². The molecule has 0 amide bonds. The van der Waals surface area contributed by atoms with Crippen molar-refractivity contribution in [2.75, 3.05) is 6.61 Å². The van der Waals surface area contributed by atoms with E-state index in [1.165, 1.54) is 5.56 Å². The molecule has 2 rings (SSSR count). The van der Waals surface area contributed by atoms with Crippen LogP contribution in [0.25, 0.3) is 0 Å². The average Bonchev–Trinajstić information content (AvgIpc) is 2.75. The van der Waals surface area contributed by atoms with Crippen LogP contribution in [0.15, 0.2) is 49.1 Å². The predicted octanol–water partition coefficient (Wildman–Crippen LogP) is 1.82. The van der Waals surface area contributed by atoms with Gasteiger partial charge in [-0.3, -0.25) is 0 Å². The third-order valence-electron chi connectivity index (χ3n) is 2.40. The summed E-state index contributed by atoms with van der Waals surface area (Å²) in [6, 6.07) is 10.4. The number of hydrogen-bond donors (Lipinski definition) is 0. The molecule has 84 valence electrons. The van der Waals surface area contributed by atoms with Crippen LogP contribution in [0, 0.1) is 0 Å². The van der Waals surface area contributed by atoms with Gasteiger partial charge in [0, 0.05) is 6.61 Å². The number of ether oxygens (including phenoxy) is 1. The number of rotatable bonds is 5. The van der Waals surface area contributed by atoms with Gasteiger partial charge in [0.25, 0.3) is 0 Å². The van der Waals surface area contributed by atoms with E-state index in [1.54, 1.807) is 0 Å². The van der Waals surface area contributed by atoms with E-state index in [9.17, 15) is 0 Å². The van der Waals surface area contributed by atoms with Crippen molar-refractivity contribution >= 4 is 0 Å². The second-order valence-corrected chi connectivity index (χ2v) is 3.71. The molecule has 0 aliphatic heterocycles. The molecule has 1 aromatic carbocycles. The van der Waals surface area contributed by atoms with Crippen molar-refractivity contribution in [3.63, 3.8) is 0 Å². The van der Waals surface area contributed by atoms with Gasteiger partial charge in [0.15, 0.2) is 6.73 Å². The third-order valence-corrected chi connectivity index (χ3v) is 2.40. The monoisotopic (exact) mass is 217 g/mol. The first kappa shape index (κ1) is 10.9. The SMILES string of the molecule is CCOCn1cc[n+](Cc2ccccc2)c1. The van der Waals surface area contributed by atoms with Gasteiger partial charge >= 0.3 is 0 Å². The minimum absolute atomic E-state index is 0.623. The summed E-state index contributed by atoms with van der Waals surface area (Å²) in [5.74, 6) is 0. The van der Waals surface area contributed by atoms with Crippen molar-refractivity contribution in [3.05, 3.63) is 54.6 Å². The highest BCUT2D eigenvalue weighted by atomic mass is 16.5. The molecule has 3 heteroatoms. The molecule has 0 bridgehead atoms. The lowest BCUT2D eigenvalue weighted by molar-refractivity contribution is -0.688. The summed E-state index contributed by atoms with van der Waals surface area (Å²) in [4.78, 5) is 0. The van der Waals surface area contributed by atoms with Crippen molar-refractivity contribution in [1.82, 2.24) is 4.57 Å². The molecule has 0 aliphatic carbocycles. The highest BCUT2D eigenvalue weighted by Crippen LogP contribution is 1.97. The quantitative estimate of drug-likeness (QED) is 0.699. The van der Waals surface area contributed by atoms with Gasteiger partial charge in [-0.2, -0.15) is 0 Å².